The van der Waals surface area contributed by atoms with E-state index in [1.165, 1.54) is 0 Å². The van der Waals surface area contributed by atoms with Crippen molar-refractivity contribution in [3.05, 3.63) is 99.1 Å². The predicted molar refractivity (Wildman–Crippen MR) is 170 cm³/mol. The monoisotopic (exact) mass is 645 g/mol. The van der Waals surface area contributed by atoms with Crippen LogP contribution in [-0.4, -0.2) is 42.4 Å². The molecular weight excluding hydrogens is 607 g/mol. The van der Waals surface area contributed by atoms with Crippen molar-refractivity contribution in [3.63, 3.8) is 0 Å². The molecule has 0 saturated carbocycles. The minimum Gasteiger partial charge on any atom is -0.380 e. The Balaban J connectivity index is 1.70. The standard InChI is InChI=1S/C33H39ClF3N5O3/c1-20-10-11-22(21(2)14-20)16-38-18-28(31(45)42-32(3,4)5)41-29(43)19-40-30(44)25-15-24(33(35,36)37)12-13-27(25)39-17-23-8-6-7-9-26(23)34/h6-15,28,38-39H,16-19H2,1-5H3,(H,40,44)(H,41,43)(H,42,45)/t28-/m0/s1. The van der Waals surface area contributed by atoms with Gasteiger partial charge in [-0.15, -0.1) is 0 Å². The molecule has 0 aliphatic rings. The van der Waals surface area contributed by atoms with Crippen LogP contribution in [0.2, 0.25) is 5.02 Å². The zero-order valence-corrected chi connectivity index (χ0v) is 26.7. The van der Waals surface area contributed by atoms with Crippen molar-refractivity contribution in [1.29, 1.82) is 0 Å². The predicted octanol–water partition coefficient (Wildman–Crippen LogP) is 5.51. The average molecular weight is 646 g/mol. The zero-order chi connectivity index (χ0) is 33.4. The van der Waals surface area contributed by atoms with Crippen LogP contribution in [-0.2, 0) is 28.9 Å². The third kappa shape index (κ3) is 11.1. The Morgan fingerprint density at radius 3 is 2.24 bits per heavy atom. The maximum atomic E-state index is 13.5. The highest BCUT2D eigenvalue weighted by molar-refractivity contribution is 6.31. The Kier molecular flexibility index (Phi) is 12.0. The van der Waals surface area contributed by atoms with E-state index >= 15 is 0 Å². The number of rotatable bonds is 12. The van der Waals surface area contributed by atoms with Crippen molar-refractivity contribution in [2.24, 2.45) is 0 Å². The van der Waals surface area contributed by atoms with E-state index in [0.717, 1.165) is 34.9 Å². The number of alkyl halides is 3. The van der Waals surface area contributed by atoms with Gasteiger partial charge < -0.3 is 26.6 Å². The molecule has 3 amide bonds. The second-order valence-electron chi connectivity index (χ2n) is 11.8. The maximum absolute atomic E-state index is 13.5. The summed E-state index contributed by atoms with van der Waals surface area (Å²) in [6.45, 7) is 9.52. The first-order chi connectivity index (χ1) is 21.0. The van der Waals surface area contributed by atoms with Gasteiger partial charge in [0, 0.05) is 35.9 Å². The van der Waals surface area contributed by atoms with Gasteiger partial charge in [-0.25, -0.2) is 0 Å². The van der Waals surface area contributed by atoms with E-state index in [0.29, 0.717) is 17.1 Å². The topological polar surface area (TPSA) is 111 Å². The summed E-state index contributed by atoms with van der Waals surface area (Å²) in [6, 6.07) is 14.7. The first-order valence-corrected chi connectivity index (χ1v) is 14.8. The second kappa shape index (κ2) is 15.3. The number of halogens is 4. The van der Waals surface area contributed by atoms with Crippen molar-refractivity contribution < 1.29 is 27.6 Å². The Bertz CT molecular complexity index is 1520. The number of carbonyl (C=O) groups is 3. The minimum atomic E-state index is -4.69. The molecule has 0 unspecified atom stereocenters. The van der Waals surface area contributed by atoms with E-state index in [4.69, 9.17) is 11.6 Å². The maximum Gasteiger partial charge on any atom is 0.416 e. The lowest BCUT2D eigenvalue weighted by atomic mass is 10.1. The fourth-order valence-electron chi connectivity index (χ4n) is 4.46. The minimum absolute atomic E-state index is 0.0959. The molecule has 0 radical (unpaired) electrons. The summed E-state index contributed by atoms with van der Waals surface area (Å²) in [4.78, 5) is 39.0. The van der Waals surface area contributed by atoms with E-state index in [-0.39, 0.29) is 24.3 Å². The van der Waals surface area contributed by atoms with E-state index in [1.54, 1.807) is 45.0 Å². The summed E-state index contributed by atoms with van der Waals surface area (Å²) in [5.74, 6) is -2.02. The van der Waals surface area contributed by atoms with Crippen LogP contribution in [0.4, 0.5) is 18.9 Å². The molecule has 45 heavy (non-hydrogen) atoms. The van der Waals surface area contributed by atoms with Crippen LogP contribution >= 0.6 is 11.6 Å². The molecule has 0 bridgehead atoms. The molecule has 0 fully saturated rings. The molecule has 8 nitrogen and oxygen atoms in total. The molecule has 0 aromatic heterocycles. The van der Waals surface area contributed by atoms with Crippen LogP contribution in [0.15, 0.2) is 60.7 Å². The normalized spacial score (nSPS) is 12.3. The van der Waals surface area contributed by atoms with E-state index < -0.39 is 47.6 Å². The molecule has 1 atom stereocenters. The van der Waals surface area contributed by atoms with Crippen molar-refractivity contribution in [1.82, 2.24) is 21.3 Å². The first kappa shape index (κ1) is 35.4. The van der Waals surface area contributed by atoms with Gasteiger partial charge in [-0.2, -0.15) is 13.2 Å². The molecular formula is C33H39ClF3N5O3. The number of aryl methyl sites for hydroxylation is 2. The summed E-state index contributed by atoms with van der Waals surface area (Å²) in [7, 11) is 0. The van der Waals surface area contributed by atoms with Crippen molar-refractivity contribution in [2.45, 2.75) is 65.5 Å². The van der Waals surface area contributed by atoms with Gasteiger partial charge >= 0.3 is 6.18 Å². The fraction of sp³-hybridized carbons (Fsp3) is 0.364. The lowest BCUT2D eigenvalue weighted by molar-refractivity contribution is -0.137. The highest BCUT2D eigenvalue weighted by Crippen LogP contribution is 2.32. The average Bonchev–Trinajstić information content (AvgIpc) is 2.94. The SMILES string of the molecule is Cc1ccc(CNC[C@H](NC(=O)CNC(=O)c2cc(C(F)(F)F)ccc2NCc2ccccc2Cl)C(=O)NC(C)(C)C)c(C)c1. The van der Waals surface area contributed by atoms with Gasteiger partial charge in [0.1, 0.15) is 6.04 Å². The molecule has 242 valence electrons. The van der Waals surface area contributed by atoms with Crippen molar-refractivity contribution >= 4 is 35.0 Å². The second-order valence-corrected chi connectivity index (χ2v) is 12.2. The molecule has 12 heteroatoms. The smallest absolute Gasteiger partial charge is 0.380 e. The number of anilines is 1. The zero-order valence-electron chi connectivity index (χ0n) is 25.9. The van der Waals surface area contributed by atoms with Crippen LogP contribution in [0.25, 0.3) is 0 Å². The first-order valence-electron chi connectivity index (χ1n) is 14.4. The molecule has 3 aromatic rings. The molecule has 0 aliphatic heterocycles. The number of benzene rings is 3. The van der Waals surface area contributed by atoms with E-state index in [1.807, 2.05) is 32.0 Å². The van der Waals surface area contributed by atoms with Crippen LogP contribution in [0, 0.1) is 13.8 Å². The lowest BCUT2D eigenvalue weighted by Gasteiger charge is -2.26. The largest absolute Gasteiger partial charge is 0.416 e. The van der Waals surface area contributed by atoms with Crippen LogP contribution < -0.4 is 26.6 Å². The highest BCUT2D eigenvalue weighted by Gasteiger charge is 2.32. The lowest BCUT2D eigenvalue weighted by Crippen LogP contribution is -2.56. The van der Waals surface area contributed by atoms with Gasteiger partial charge in [0.2, 0.25) is 11.8 Å². The highest BCUT2D eigenvalue weighted by atomic mass is 35.5. The number of hydrogen-bond acceptors (Lipinski definition) is 5. The molecule has 0 spiro atoms. The Hall–Kier alpha value is -4.09. The molecule has 0 saturated heterocycles. The Labute approximate surface area is 266 Å². The fourth-order valence-corrected chi connectivity index (χ4v) is 4.66. The van der Waals surface area contributed by atoms with Crippen LogP contribution in [0.1, 0.15) is 58.9 Å². The van der Waals surface area contributed by atoms with Gasteiger partial charge in [-0.1, -0.05) is 53.6 Å². The van der Waals surface area contributed by atoms with Crippen LogP contribution in [0.3, 0.4) is 0 Å². The Morgan fingerprint density at radius 2 is 1.60 bits per heavy atom. The van der Waals surface area contributed by atoms with Gasteiger partial charge in [-0.05, 0) is 75.6 Å². The van der Waals surface area contributed by atoms with Crippen molar-refractivity contribution in [2.75, 3.05) is 18.4 Å². The molecule has 0 aliphatic carbocycles. The van der Waals surface area contributed by atoms with Gasteiger partial charge in [-0.3, -0.25) is 14.4 Å². The summed E-state index contributed by atoms with van der Waals surface area (Å²) in [6.07, 6.45) is -4.69. The molecule has 5 N–H and O–H groups in total. The number of carbonyl (C=O) groups excluding carboxylic acids is 3. The number of hydrogen-bond donors (Lipinski definition) is 5. The third-order valence-corrected chi connectivity index (χ3v) is 7.11. The number of amides is 3. The summed E-state index contributed by atoms with van der Waals surface area (Å²) in [5, 5.41) is 14.4. The summed E-state index contributed by atoms with van der Waals surface area (Å²) in [5.41, 5.74) is 2.15. The summed E-state index contributed by atoms with van der Waals surface area (Å²) >= 11 is 6.19. The van der Waals surface area contributed by atoms with Crippen molar-refractivity contribution in [3.8, 4) is 0 Å². The van der Waals surface area contributed by atoms with Gasteiger partial charge in [0.25, 0.3) is 5.91 Å². The Morgan fingerprint density at radius 1 is 0.889 bits per heavy atom. The molecule has 0 heterocycles. The number of nitrogens with one attached hydrogen (secondary N) is 5. The third-order valence-electron chi connectivity index (χ3n) is 6.74. The van der Waals surface area contributed by atoms with Gasteiger partial charge in [0.15, 0.2) is 0 Å². The van der Waals surface area contributed by atoms with E-state index in [9.17, 15) is 27.6 Å². The summed E-state index contributed by atoms with van der Waals surface area (Å²) < 4.78 is 40.5. The van der Waals surface area contributed by atoms with Crippen LogP contribution in [0.5, 0.6) is 0 Å². The quantitative estimate of drug-likeness (QED) is 0.179. The molecule has 3 aromatic carbocycles. The van der Waals surface area contributed by atoms with Gasteiger partial charge in [0.05, 0.1) is 17.7 Å². The molecule has 3 rings (SSSR count). The van der Waals surface area contributed by atoms with E-state index in [2.05, 4.69) is 26.6 Å².